The molecule has 2 aromatic carbocycles. The lowest BCUT2D eigenvalue weighted by Crippen LogP contribution is -2.33. The van der Waals surface area contributed by atoms with Gasteiger partial charge in [-0.1, -0.05) is 0 Å². The molecular formula is C23H26N4O6. The number of benzene rings is 2. The predicted octanol–water partition coefficient (Wildman–Crippen LogP) is 3.43. The van der Waals surface area contributed by atoms with Crippen molar-refractivity contribution in [2.45, 2.75) is 6.54 Å². The van der Waals surface area contributed by atoms with Gasteiger partial charge in [0.15, 0.2) is 5.76 Å². The minimum Gasteiger partial charge on any atom is -0.497 e. The Morgan fingerprint density at radius 3 is 2.24 bits per heavy atom. The number of aromatic nitrogens is 1. The Kier molecular flexibility index (Phi) is 7.74. The molecule has 3 amide bonds. The SMILES string of the molecule is COc1ccc(-c2nc(CNC(=O)N(C)C)oc2-c2ccc(OCCNC(=O)O)cc2)cc1. The summed E-state index contributed by atoms with van der Waals surface area (Å²) >= 11 is 0. The van der Waals surface area contributed by atoms with E-state index in [0.29, 0.717) is 23.1 Å². The molecule has 0 radical (unpaired) electrons. The number of carbonyl (C=O) groups excluding carboxylic acids is 1. The molecule has 1 heterocycles. The van der Waals surface area contributed by atoms with Gasteiger partial charge in [-0.25, -0.2) is 14.6 Å². The fourth-order valence-corrected chi connectivity index (χ4v) is 2.92. The van der Waals surface area contributed by atoms with Crippen LogP contribution in [-0.4, -0.2) is 61.5 Å². The molecule has 10 heteroatoms. The van der Waals surface area contributed by atoms with Gasteiger partial charge in [-0.3, -0.25) is 0 Å². The van der Waals surface area contributed by atoms with Crippen molar-refractivity contribution in [2.75, 3.05) is 34.4 Å². The highest BCUT2D eigenvalue weighted by atomic mass is 16.5. The van der Waals surface area contributed by atoms with Crippen molar-refractivity contribution in [3.63, 3.8) is 0 Å². The van der Waals surface area contributed by atoms with Crippen molar-refractivity contribution in [3.8, 4) is 34.1 Å². The second kappa shape index (κ2) is 10.9. The number of nitrogens with zero attached hydrogens (tertiary/aromatic N) is 2. The van der Waals surface area contributed by atoms with Gasteiger partial charge in [-0.15, -0.1) is 0 Å². The predicted molar refractivity (Wildman–Crippen MR) is 121 cm³/mol. The van der Waals surface area contributed by atoms with E-state index in [1.54, 1.807) is 33.3 Å². The van der Waals surface area contributed by atoms with E-state index in [0.717, 1.165) is 16.9 Å². The van der Waals surface area contributed by atoms with Crippen molar-refractivity contribution in [3.05, 3.63) is 54.4 Å². The second-order valence-corrected chi connectivity index (χ2v) is 7.17. The van der Waals surface area contributed by atoms with Crippen LogP contribution >= 0.6 is 0 Å². The van der Waals surface area contributed by atoms with Crippen LogP contribution in [0.4, 0.5) is 9.59 Å². The third-order valence-electron chi connectivity index (χ3n) is 4.60. The molecule has 0 aliphatic carbocycles. The molecule has 1 aromatic heterocycles. The van der Waals surface area contributed by atoms with Crippen molar-refractivity contribution in [1.82, 2.24) is 20.5 Å². The van der Waals surface area contributed by atoms with E-state index in [4.69, 9.17) is 19.0 Å². The van der Waals surface area contributed by atoms with E-state index >= 15 is 0 Å². The summed E-state index contributed by atoms with van der Waals surface area (Å²) in [6.07, 6.45) is -1.09. The number of methoxy groups -OCH3 is 1. The van der Waals surface area contributed by atoms with Gasteiger partial charge >= 0.3 is 12.1 Å². The molecule has 0 atom stereocenters. The van der Waals surface area contributed by atoms with Crippen LogP contribution in [0.3, 0.4) is 0 Å². The standard InChI is InChI=1S/C23H26N4O6/c1-27(2)22(28)25-14-19-26-20(15-4-8-17(31-3)9-5-15)21(33-19)16-6-10-18(11-7-16)32-13-12-24-23(29)30/h4-11,24H,12-14H2,1-3H3,(H,25,28)(H,29,30). The first-order valence-electron chi connectivity index (χ1n) is 10.2. The number of rotatable bonds is 9. The molecule has 0 fully saturated rings. The van der Waals surface area contributed by atoms with Gasteiger partial charge in [0.25, 0.3) is 0 Å². The molecule has 3 N–H and O–H groups in total. The number of nitrogens with one attached hydrogen (secondary N) is 2. The Bertz CT molecular complexity index is 1080. The Hall–Kier alpha value is -4.21. The minimum atomic E-state index is -1.09. The number of hydrogen-bond acceptors (Lipinski definition) is 6. The summed E-state index contributed by atoms with van der Waals surface area (Å²) in [5.74, 6) is 2.23. The average molecular weight is 454 g/mol. The number of hydrogen-bond donors (Lipinski definition) is 3. The van der Waals surface area contributed by atoms with Crippen LogP contribution in [0.15, 0.2) is 52.9 Å². The van der Waals surface area contributed by atoms with Crippen molar-refractivity contribution >= 4 is 12.1 Å². The lowest BCUT2D eigenvalue weighted by molar-refractivity contribution is 0.191. The van der Waals surface area contributed by atoms with Gasteiger partial charge in [0.05, 0.1) is 20.2 Å². The first kappa shape index (κ1) is 23.5. The van der Waals surface area contributed by atoms with Crippen LogP contribution < -0.4 is 20.1 Å². The lowest BCUT2D eigenvalue weighted by atomic mass is 10.1. The fraction of sp³-hybridized carbons (Fsp3) is 0.261. The summed E-state index contributed by atoms with van der Waals surface area (Å²) in [5, 5.41) is 13.6. The Labute approximate surface area is 191 Å². The molecule has 0 spiro atoms. The van der Waals surface area contributed by atoms with E-state index in [1.165, 1.54) is 4.90 Å². The summed E-state index contributed by atoms with van der Waals surface area (Å²) in [6.45, 7) is 0.529. The second-order valence-electron chi connectivity index (χ2n) is 7.17. The lowest BCUT2D eigenvalue weighted by Gasteiger charge is -2.10. The van der Waals surface area contributed by atoms with E-state index in [1.807, 2.05) is 36.4 Å². The summed E-state index contributed by atoms with van der Waals surface area (Å²) in [5.41, 5.74) is 2.24. The monoisotopic (exact) mass is 454 g/mol. The summed E-state index contributed by atoms with van der Waals surface area (Å²) in [7, 11) is 4.91. The van der Waals surface area contributed by atoms with Crippen molar-refractivity contribution in [2.24, 2.45) is 0 Å². The first-order valence-corrected chi connectivity index (χ1v) is 10.2. The number of oxazole rings is 1. The highest BCUT2D eigenvalue weighted by Crippen LogP contribution is 2.34. The molecule has 0 bridgehead atoms. The molecule has 3 aromatic rings. The van der Waals surface area contributed by atoms with Gasteiger partial charge in [-0.05, 0) is 48.5 Å². The number of amides is 3. The van der Waals surface area contributed by atoms with E-state index in [2.05, 4.69) is 15.6 Å². The molecule has 0 saturated heterocycles. The largest absolute Gasteiger partial charge is 0.497 e. The Morgan fingerprint density at radius 2 is 1.64 bits per heavy atom. The zero-order valence-electron chi connectivity index (χ0n) is 18.6. The number of carboxylic acid groups (broad SMARTS) is 1. The Balaban J connectivity index is 1.83. The fourth-order valence-electron chi connectivity index (χ4n) is 2.92. The molecule has 33 heavy (non-hydrogen) atoms. The van der Waals surface area contributed by atoms with E-state index in [9.17, 15) is 9.59 Å². The topological polar surface area (TPSA) is 126 Å². The molecule has 0 saturated carbocycles. The van der Waals surface area contributed by atoms with Gasteiger partial charge in [0, 0.05) is 25.2 Å². The maximum Gasteiger partial charge on any atom is 0.404 e. The maximum atomic E-state index is 11.9. The smallest absolute Gasteiger partial charge is 0.404 e. The molecule has 0 aliphatic rings. The number of ether oxygens (including phenoxy) is 2. The van der Waals surface area contributed by atoms with Crippen LogP contribution in [0.25, 0.3) is 22.6 Å². The van der Waals surface area contributed by atoms with E-state index in [-0.39, 0.29) is 25.7 Å². The van der Waals surface area contributed by atoms with Crippen LogP contribution in [0.2, 0.25) is 0 Å². The third-order valence-corrected chi connectivity index (χ3v) is 4.60. The summed E-state index contributed by atoms with van der Waals surface area (Å²) in [4.78, 5) is 28.4. The van der Waals surface area contributed by atoms with Crippen molar-refractivity contribution < 1.29 is 28.6 Å². The molecule has 0 aliphatic heterocycles. The summed E-state index contributed by atoms with van der Waals surface area (Å²) < 4.78 is 16.8. The Morgan fingerprint density at radius 1 is 1.00 bits per heavy atom. The van der Waals surface area contributed by atoms with Gasteiger partial charge in [0.1, 0.15) is 23.8 Å². The van der Waals surface area contributed by atoms with Gasteiger partial charge < -0.3 is 34.5 Å². The number of carbonyl (C=O) groups is 2. The minimum absolute atomic E-state index is 0.137. The van der Waals surface area contributed by atoms with E-state index < -0.39 is 6.09 Å². The highest BCUT2D eigenvalue weighted by Gasteiger charge is 2.18. The van der Waals surface area contributed by atoms with Gasteiger partial charge in [-0.2, -0.15) is 0 Å². The quantitative estimate of drug-likeness (QED) is 0.423. The zero-order chi connectivity index (χ0) is 23.8. The van der Waals surface area contributed by atoms with Crippen molar-refractivity contribution in [1.29, 1.82) is 0 Å². The maximum absolute atomic E-state index is 11.9. The zero-order valence-corrected chi connectivity index (χ0v) is 18.6. The highest BCUT2D eigenvalue weighted by molar-refractivity contribution is 5.77. The van der Waals surface area contributed by atoms with Crippen LogP contribution in [0, 0.1) is 0 Å². The molecule has 174 valence electrons. The van der Waals surface area contributed by atoms with Crippen LogP contribution in [-0.2, 0) is 6.54 Å². The molecule has 10 nitrogen and oxygen atoms in total. The first-order chi connectivity index (χ1) is 15.9. The summed E-state index contributed by atoms with van der Waals surface area (Å²) in [6, 6.07) is 14.4. The van der Waals surface area contributed by atoms with Crippen LogP contribution in [0.5, 0.6) is 11.5 Å². The normalized spacial score (nSPS) is 10.4. The molecule has 0 unspecified atom stereocenters. The van der Waals surface area contributed by atoms with Gasteiger partial charge in [0.2, 0.25) is 5.89 Å². The molecular weight excluding hydrogens is 428 g/mol. The average Bonchev–Trinajstić information content (AvgIpc) is 3.24. The number of urea groups is 1. The third kappa shape index (κ3) is 6.39. The molecule has 3 rings (SSSR count). The van der Waals surface area contributed by atoms with Crippen LogP contribution in [0.1, 0.15) is 5.89 Å².